The minimum Gasteiger partial charge on any atom is -0.496 e. The predicted molar refractivity (Wildman–Crippen MR) is 116 cm³/mol. The number of carbonyl (C=O) groups is 1. The van der Waals surface area contributed by atoms with Gasteiger partial charge in [0, 0.05) is 16.3 Å². The van der Waals surface area contributed by atoms with Crippen molar-refractivity contribution in [3.63, 3.8) is 0 Å². The van der Waals surface area contributed by atoms with Gasteiger partial charge in [-0.15, -0.1) is 10.2 Å². The molecule has 0 aliphatic heterocycles. The van der Waals surface area contributed by atoms with Gasteiger partial charge in [-0.2, -0.15) is 5.10 Å². The fraction of sp³-hybridized carbons (Fsp3) is 0.182. The summed E-state index contributed by atoms with van der Waals surface area (Å²) in [6.07, 6.45) is 0. The highest BCUT2D eigenvalue weighted by Gasteiger charge is 2.22. The third kappa shape index (κ3) is 3.37. The average molecular weight is 422 g/mol. The van der Waals surface area contributed by atoms with Gasteiger partial charge in [-0.25, -0.2) is 4.52 Å². The molecule has 0 spiro atoms. The number of hydrogen-bond acceptors (Lipinski definition) is 5. The number of benzene rings is 2. The molecular formula is C22H20ClN5O2. The van der Waals surface area contributed by atoms with E-state index >= 15 is 0 Å². The van der Waals surface area contributed by atoms with Crippen LogP contribution in [0.4, 0.5) is 5.69 Å². The summed E-state index contributed by atoms with van der Waals surface area (Å²) in [5.74, 6) is 0.335. The summed E-state index contributed by atoms with van der Waals surface area (Å²) >= 11 is 6.15. The predicted octanol–water partition coefficient (Wildman–Crippen LogP) is 4.63. The van der Waals surface area contributed by atoms with Crippen LogP contribution in [0.15, 0.2) is 42.5 Å². The normalized spacial score (nSPS) is 11.0. The van der Waals surface area contributed by atoms with Gasteiger partial charge in [-0.05, 0) is 44.5 Å². The lowest BCUT2D eigenvalue weighted by Crippen LogP contribution is -2.18. The third-order valence-corrected chi connectivity index (χ3v) is 5.37. The quantitative estimate of drug-likeness (QED) is 0.519. The molecule has 8 heteroatoms. The number of rotatable bonds is 4. The Kier molecular flexibility index (Phi) is 5.13. The van der Waals surface area contributed by atoms with Gasteiger partial charge in [0.1, 0.15) is 5.75 Å². The Morgan fingerprint density at radius 2 is 1.87 bits per heavy atom. The summed E-state index contributed by atoms with van der Waals surface area (Å²) in [6.45, 7) is 5.58. The van der Waals surface area contributed by atoms with E-state index in [4.69, 9.17) is 16.3 Å². The van der Waals surface area contributed by atoms with Crippen molar-refractivity contribution in [3.05, 3.63) is 70.1 Å². The van der Waals surface area contributed by atoms with E-state index in [-0.39, 0.29) is 11.6 Å². The van der Waals surface area contributed by atoms with Crippen molar-refractivity contribution in [2.75, 3.05) is 12.4 Å². The smallest absolute Gasteiger partial charge is 0.278 e. The molecule has 0 fully saturated rings. The minimum atomic E-state index is -0.381. The van der Waals surface area contributed by atoms with E-state index in [2.05, 4.69) is 20.6 Å². The van der Waals surface area contributed by atoms with Gasteiger partial charge in [0.05, 0.1) is 24.1 Å². The highest BCUT2D eigenvalue weighted by Crippen LogP contribution is 2.34. The summed E-state index contributed by atoms with van der Waals surface area (Å²) < 4.78 is 7.13. The van der Waals surface area contributed by atoms with Gasteiger partial charge in [0.2, 0.25) is 0 Å². The highest BCUT2D eigenvalue weighted by atomic mass is 35.5. The van der Waals surface area contributed by atoms with Crippen LogP contribution in [0.25, 0.3) is 16.8 Å². The van der Waals surface area contributed by atoms with Crippen LogP contribution >= 0.6 is 11.6 Å². The van der Waals surface area contributed by atoms with Crippen LogP contribution in [0.1, 0.15) is 27.4 Å². The second-order valence-corrected chi connectivity index (χ2v) is 7.36. The number of carbonyl (C=O) groups excluding carboxylic acids is 1. The zero-order valence-electron chi connectivity index (χ0n) is 17.0. The SMILES string of the molecule is COc1ccccc1-c1c(C)nn2c(C)c(C(=O)Nc3ccc(C)c(Cl)c3)nnc12. The van der Waals surface area contributed by atoms with Crippen molar-refractivity contribution in [2.45, 2.75) is 20.8 Å². The first-order chi connectivity index (χ1) is 14.4. The van der Waals surface area contributed by atoms with Crippen LogP contribution < -0.4 is 10.1 Å². The number of nitrogens with one attached hydrogen (secondary N) is 1. The molecule has 1 amide bonds. The number of anilines is 1. The maximum atomic E-state index is 12.8. The number of halogens is 1. The first kappa shape index (κ1) is 19.8. The molecule has 152 valence electrons. The van der Waals surface area contributed by atoms with Crippen LogP contribution in [-0.2, 0) is 0 Å². The maximum Gasteiger partial charge on any atom is 0.278 e. The number of aryl methyl sites for hydroxylation is 3. The van der Waals surface area contributed by atoms with E-state index in [9.17, 15) is 4.79 Å². The van der Waals surface area contributed by atoms with E-state index in [0.29, 0.717) is 27.8 Å². The Morgan fingerprint density at radius 1 is 1.10 bits per heavy atom. The topological polar surface area (TPSA) is 81.4 Å². The molecule has 4 rings (SSSR count). The molecule has 0 saturated heterocycles. The molecule has 0 unspecified atom stereocenters. The summed E-state index contributed by atoms with van der Waals surface area (Å²) in [5.41, 5.74) is 5.30. The molecule has 7 nitrogen and oxygen atoms in total. The Morgan fingerprint density at radius 3 is 2.60 bits per heavy atom. The van der Waals surface area contributed by atoms with Crippen LogP contribution in [0.3, 0.4) is 0 Å². The Labute approximate surface area is 178 Å². The van der Waals surface area contributed by atoms with Crippen molar-refractivity contribution in [2.24, 2.45) is 0 Å². The first-order valence-electron chi connectivity index (χ1n) is 9.34. The molecule has 2 aromatic heterocycles. The second kappa shape index (κ2) is 7.76. The number of methoxy groups -OCH3 is 1. The highest BCUT2D eigenvalue weighted by molar-refractivity contribution is 6.31. The molecule has 0 radical (unpaired) electrons. The average Bonchev–Trinajstić information content (AvgIpc) is 3.07. The molecule has 0 atom stereocenters. The Bertz CT molecular complexity index is 1280. The number of fused-ring (bicyclic) bond motifs is 1. The zero-order valence-corrected chi connectivity index (χ0v) is 17.8. The fourth-order valence-electron chi connectivity index (χ4n) is 3.35. The van der Waals surface area contributed by atoms with Crippen molar-refractivity contribution in [3.8, 4) is 16.9 Å². The Hall–Kier alpha value is -3.45. The van der Waals surface area contributed by atoms with E-state index in [1.807, 2.05) is 44.2 Å². The van der Waals surface area contributed by atoms with Gasteiger partial charge >= 0.3 is 0 Å². The molecule has 0 bridgehead atoms. The number of ether oxygens (including phenoxy) is 1. The second-order valence-electron chi connectivity index (χ2n) is 6.95. The molecule has 0 aliphatic carbocycles. The zero-order chi connectivity index (χ0) is 21.4. The monoisotopic (exact) mass is 421 g/mol. The van der Waals surface area contributed by atoms with Crippen molar-refractivity contribution in [1.82, 2.24) is 19.8 Å². The largest absolute Gasteiger partial charge is 0.496 e. The number of amides is 1. The van der Waals surface area contributed by atoms with Crippen LogP contribution in [0.5, 0.6) is 5.75 Å². The van der Waals surface area contributed by atoms with Gasteiger partial charge in [0.15, 0.2) is 11.3 Å². The number of aromatic nitrogens is 4. The molecule has 2 aromatic carbocycles. The fourth-order valence-corrected chi connectivity index (χ4v) is 3.53. The Balaban J connectivity index is 1.76. The van der Waals surface area contributed by atoms with Crippen molar-refractivity contribution < 1.29 is 9.53 Å². The van der Waals surface area contributed by atoms with Crippen molar-refractivity contribution in [1.29, 1.82) is 0 Å². The molecule has 2 heterocycles. The molecular weight excluding hydrogens is 402 g/mol. The standard InChI is InChI=1S/C22H20ClN5O2/c1-12-9-10-15(11-17(12)23)24-22(29)20-14(3)28-21(26-25-20)19(13(2)27-28)16-7-5-6-8-18(16)30-4/h5-11H,1-4H3,(H,24,29). The summed E-state index contributed by atoms with van der Waals surface area (Å²) in [4.78, 5) is 12.8. The minimum absolute atomic E-state index is 0.188. The molecule has 30 heavy (non-hydrogen) atoms. The number of nitrogens with zero attached hydrogens (tertiary/aromatic N) is 4. The first-order valence-corrected chi connectivity index (χ1v) is 9.72. The molecule has 4 aromatic rings. The maximum absolute atomic E-state index is 12.8. The lowest BCUT2D eigenvalue weighted by atomic mass is 10.1. The number of para-hydroxylation sites is 1. The van der Waals surface area contributed by atoms with Gasteiger partial charge in [0.25, 0.3) is 5.91 Å². The van der Waals surface area contributed by atoms with Crippen LogP contribution in [0, 0.1) is 20.8 Å². The summed E-state index contributed by atoms with van der Waals surface area (Å²) in [5, 5.41) is 16.5. The third-order valence-electron chi connectivity index (χ3n) is 4.96. The van der Waals surface area contributed by atoms with Gasteiger partial charge in [-0.3, -0.25) is 4.79 Å². The molecule has 1 N–H and O–H groups in total. The lowest BCUT2D eigenvalue weighted by Gasteiger charge is -2.09. The van der Waals surface area contributed by atoms with E-state index in [1.54, 1.807) is 30.7 Å². The van der Waals surface area contributed by atoms with E-state index < -0.39 is 0 Å². The van der Waals surface area contributed by atoms with E-state index in [1.165, 1.54) is 0 Å². The van der Waals surface area contributed by atoms with E-state index in [0.717, 1.165) is 22.4 Å². The van der Waals surface area contributed by atoms with Crippen LogP contribution in [0.2, 0.25) is 5.02 Å². The van der Waals surface area contributed by atoms with Crippen LogP contribution in [-0.4, -0.2) is 32.8 Å². The van der Waals surface area contributed by atoms with Gasteiger partial charge in [-0.1, -0.05) is 35.9 Å². The summed E-state index contributed by atoms with van der Waals surface area (Å²) in [7, 11) is 1.62. The summed E-state index contributed by atoms with van der Waals surface area (Å²) in [6, 6.07) is 13.0. The number of hydrogen-bond donors (Lipinski definition) is 1. The molecule has 0 aliphatic rings. The van der Waals surface area contributed by atoms with Gasteiger partial charge < -0.3 is 10.1 Å². The lowest BCUT2D eigenvalue weighted by molar-refractivity contribution is 0.102. The van der Waals surface area contributed by atoms with Crippen molar-refractivity contribution >= 4 is 28.8 Å². The molecule has 0 saturated carbocycles.